The molecule has 0 heterocycles. The number of nitrogens with two attached hydrogens (primary N) is 1. The Morgan fingerprint density at radius 1 is 0.611 bits per heavy atom. The lowest BCUT2D eigenvalue weighted by molar-refractivity contribution is -0.129. The van der Waals surface area contributed by atoms with Gasteiger partial charge in [0.2, 0.25) is 0 Å². The summed E-state index contributed by atoms with van der Waals surface area (Å²) in [4.78, 5) is 12.3. The standard InChI is InChI=1S/C32H63NO3/c1-3-5-7-9-11-13-15-16-18-19-21-23-25-27-29(34)31(33)32(36)30(35)28-26-24-22-20-17-14-12-10-8-6-4-2/h25,27,29,31-32,34,36H,3-24,26,28,33H2,1-2H3/b27-25+/t29-,31-,32?/m1/s1. The van der Waals surface area contributed by atoms with Gasteiger partial charge in [-0.05, 0) is 19.3 Å². The summed E-state index contributed by atoms with van der Waals surface area (Å²) in [6.45, 7) is 4.51. The van der Waals surface area contributed by atoms with Crippen molar-refractivity contribution >= 4 is 5.78 Å². The Morgan fingerprint density at radius 2 is 0.972 bits per heavy atom. The number of allylic oxidation sites excluding steroid dienone is 1. The number of hydrogen-bond donors (Lipinski definition) is 3. The smallest absolute Gasteiger partial charge is 0.162 e. The van der Waals surface area contributed by atoms with E-state index >= 15 is 0 Å². The summed E-state index contributed by atoms with van der Waals surface area (Å²) in [7, 11) is 0. The van der Waals surface area contributed by atoms with Gasteiger partial charge in [-0.15, -0.1) is 0 Å². The number of carbonyl (C=O) groups excluding carboxylic acids is 1. The highest BCUT2D eigenvalue weighted by atomic mass is 16.3. The van der Waals surface area contributed by atoms with Crippen molar-refractivity contribution in [2.45, 2.75) is 186 Å². The number of aliphatic hydroxyl groups is 2. The fraction of sp³-hybridized carbons (Fsp3) is 0.906. The van der Waals surface area contributed by atoms with Crippen molar-refractivity contribution in [1.29, 1.82) is 0 Å². The molecule has 0 fully saturated rings. The third-order valence-electron chi connectivity index (χ3n) is 7.42. The molecule has 4 heteroatoms. The number of carbonyl (C=O) groups is 1. The van der Waals surface area contributed by atoms with E-state index in [1.165, 1.54) is 116 Å². The highest BCUT2D eigenvalue weighted by Crippen LogP contribution is 2.14. The quantitative estimate of drug-likeness (QED) is 0.0728. The van der Waals surface area contributed by atoms with Crippen LogP contribution in [0.3, 0.4) is 0 Å². The summed E-state index contributed by atoms with van der Waals surface area (Å²) in [5, 5.41) is 20.5. The van der Waals surface area contributed by atoms with E-state index in [0.717, 1.165) is 32.1 Å². The fourth-order valence-electron chi connectivity index (χ4n) is 4.80. The van der Waals surface area contributed by atoms with Crippen molar-refractivity contribution in [1.82, 2.24) is 0 Å². The van der Waals surface area contributed by atoms with Crippen molar-refractivity contribution < 1.29 is 15.0 Å². The van der Waals surface area contributed by atoms with Gasteiger partial charge in [0.1, 0.15) is 6.10 Å². The van der Waals surface area contributed by atoms with E-state index in [4.69, 9.17) is 5.73 Å². The molecule has 0 aromatic heterocycles. The van der Waals surface area contributed by atoms with Crippen LogP contribution in [0.5, 0.6) is 0 Å². The topological polar surface area (TPSA) is 83.6 Å². The second-order valence-corrected chi connectivity index (χ2v) is 11.0. The lowest BCUT2D eigenvalue weighted by Gasteiger charge is -2.21. The zero-order chi connectivity index (χ0) is 26.7. The van der Waals surface area contributed by atoms with Gasteiger partial charge in [-0.2, -0.15) is 0 Å². The molecular formula is C32H63NO3. The first kappa shape index (κ1) is 35.3. The zero-order valence-corrected chi connectivity index (χ0v) is 24.2. The SMILES string of the molecule is CCCCCCCCCCCCC/C=C/[C@@H](O)[C@@H](N)C(O)C(=O)CCCCCCCCCCCCC. The van der Waals surface area contributed by atoms with Crippen LogP contribution in [0.4, 0.5) is 0 Å². The van der Waals surface area contributed by atoms with Crippen LogP contribution in [-0.4, -0.2) is 34.2 Å². The minimum Gasteiger partial charge on any atom is -0.387 e. The first-order valence-corrected chi connectivity index (χ1v) is 15.9. The minimum absolute atomic E-state index is 0.240. The molecule has 1 unspecified atom stereocenters. The number of unbranched alkanes of at least 4 members (excludes halogenated alkanes) is 21. The molecule has 4 nitrogen and oxygen atoms in total. The van der Waals surface area contributed by atoms with E-state index in [2.05, 4.69) is 13.8 Å². The average molecular weight is 510 g/mol. The molecule has 0 spiro atoms. The third kappa shape index (κ3) is 22.5. The first-order valence-electron chi connectivity index (χ1n) is 15.9. The highest BCUT2D eigenvalue weighted by molar-refractivity contribution is 5.83. The summed E-state index contributed by atoms with van der Waals surface area (Å²) in [6.07, 6.45) is 30.6. The zero-order valence-electron chi connectivity index (χ0n) is 24.2. The van der Waals surface area contributed by atoms with Gasteiger partial charge < -0.3 is 15.9 Å². The summed E-state index contributed by atoms with van der Waals surface area (Å²) in [5.74, 6) is -0.240. The van der Waals surface area contributed by atoms with Crippen LogP contribution in [0.1, 0.15) is 168 Å². The van der Waals surface area contributed by atoms with Gasteiger partial charge in [-0.25, -0.2) is 0 Å². The van der Waals surface area contributed by atoms with Crippen LogP contribution in [0.2, 0.25) is 0 Å². The van der Waals surface area contributed by atoms with Gasteiger partial charge in [-0.3, -0.25) is 4.79 Å². The molecule has 0 radical (unpaired) electrons. The number of rotatable bonds is 28. The van der Waals surface area contributed by atoms with Crippen LogP contribution in [0, 0.1) is 0 Å². The lowest BCUT2D eigenvalue weighted by Crippen LogP contribution is -2.47. The van der Waals surface area contributed by atoms with Crippen LogP contribution < -0.4 is 5.73 Å². The van der Waals surface area contributed by atoms with E-state index in [0.29, 0.717) is 6.42 Å². The summed E-state index contributed by atoms with van der Waals surface area (Å²) in [5.41, 5.74) is 5.97. The second-order valence-electron chi connectivity index (χ2n) is 11.0. The van der Waals surface area contributed by atoms with Crippen LogP contribution in [-0.2, 0) is 4.79 Å². The maximum atomic E-state index is 12.3. The van der Waals surface area contributed by atoms with Gasteiger partial charge in [0.15, 0.2) is 5.78 Å². The molecule has 36 heavy (non-hydrogen) atoms. The third-order valence-corrected chi connectivity index (χ3v) is 7.42. The molecule has 214 valence electrons. The minimum atomic E-state index is -1.28. The molecule has 0 aliphatic heterocycles. The normalized spacial score (nSPS) is 14.4. The van der Waals surface area contributed by atoms with E-state index < -0.39 is 18.2 Å². The molecule has 0 amide bonds. The molecule has 0 aliphatic carbocycles. The molecule has 0 aromatic rings. The fourth-order valence-corrected chi connectivity index (χ4v) is 4.80. The van der Waals surface area contributed by atoms with E-state index in [9.17, 15) is 15.0 Å². The van der Waals surface area contributed by atoms with Gasteiger partial charge in [-0.1, -0.05) is 154 Å². The highest BCUT2D eigenvalue weighted by Gasteiger charge is 2.26. The van der Waals surface area contributed by atoms with Gasteiger partial charge in [0.05, 0.1) is 12.1 Å². The second kappa shape index (κ2) is 27.3. The predicted octanol–water partition coefficient (Wildman–Crippen LogP) is 8.56. The molecule has 4 N–H and O–H groups in total. The Morgan fingerprint density at radius 3 is 1.39 bits per heavy atom. The Bertz CT molecular complexity index is 494. The van der Waals surface area contributed by atoms with Crippen LogP contribution >= 0.6 is 0 Å². The van der Waals surface area contributed by atoms with Gasteiger partial charge in [0, 0.05) is 6.42 Å². The van der Waals surface area contributed by atoms with Crippen molar-refractivity contribution in [2.24, 2.45) is 5.73 Å². The molecule has 0 rings (SSSR count). The number of hydrogen-bond acceptors (Lipinski definition) is 4. The Labute approximate surface area is 224 Å². The molecule has 0 saturated heterocycles. The Hall–Kier alpha value is -0.710. The number of aliphatic hydroxyl groups excluding tert-OH is 2. The molecule has 0 aliphatic rings. The van der Waals surface area contributed by atoms with Crippen molar-refractivity contribution in [3.05, 3.63) is 12.2 Å². The summed E-state index contributed by atoms with van der Waals surface area (Å²) in [6, 6.07) is -0.946. The molecular weight excluding hydrogens is 446 g/mol. The maximum Gasteiger partial charge on any atom is 0.162 e. The molecule has 0 bridgehead atoms. The van der Waals surface area contributed by atoms with Crippen molar-refractivity contribution in [3.63, 3.8) is 0 Å². The predicted molar refractivity (Wildman–Crippen MR) is 156 cm³/mol. The van der Waals surface area contributed by atoms with Crippen LogP contribution in [0.15, 0.2) is 12.2 Å². The largest absolute Gasteiger partial charge is 0.387 e. The van der Waals surface area contributed by atoms with Gasteiger partial charge >= 0.3 is 0 Å². The number of ketones is 1. The molecule has 0 saturated carbocycles. The Balaban J connectivity index is 3.68. The van der Waals surface area contributed by atoms with Gasteiger partial charge in [0.25, 0.3) is 0 Å². The maximum absolute atomic E-state index is 12.3. The lowest BCUT2D eigenvalue weighted by atomic mass is 9.97. The molecule has 0 aromatic carbocycles. The van der Waals surface area contributed by atoms with Crippen molar-refractivity contribution in [3.8, 4) is 0 Å². The van der Waals surface area contributed by atoms with E-state index in [-0.39, 0.29) is 5.78 Å². The van der Waals surface area contributed by atoms with Crippen molar-refractivity contribution in [2.75, 3.05) is 0 Å². The average Bonchev–Trinajstić information content (AvgIpc) is 2.88. The summed E-state index contributed by atoms with van der Waals surface area (Å²) < 4.78 is 0. The summed E-state index contributed by atoms with van der Waals surface area (Å²) >= 11 is 0. The monoisotopic (exact) mass is 509 g/mol. The molecule has 3 atom stereocenters. The van der Waals surface area contributed by atoms with E-state index in [1.807, 2.05) is 6.08 Å². The van der Waals surface area contributed by atoms with Crippen LogP contribution in [0.25, 0.3) is 0 Å². The number of Topliss-reactive ketones (excluding diaryl/α,β-unsaturated/α-hetero) is 1. The Kier molecular flexibility index (Phi) is 26.8. The van der Waals surface area contributed by atoms with E-state index in [1.54, 1.807) is 6.08 Å². The first-order chi connectivity index (χ1) is 17.5.